The van der Waals surface area contributed by atoms with E-state index in [1.165, 1.54) is 44.9 Å². The van der Waals surface area contributed by atoms with Gasteiger partial charge in [0.1, 0.15) is 0 Å². The van der Waals surface area contributed by atoms with Crippen LogP contribution >= 0.6 is 0 Å². The summed E-state index contributed by atoms with van der Waals surface area (Å²) in [7, 11) is -0.491. The summed E-state index contributed by atoms with van der Waals surface area (Å²) in [6.07, 6.45) is 12.0. The van der Waals surface area contributed by atoms with Crippen LogP contribution in [0.3, 0.4) is 0 Å². The molecule has 0 aromatic carbocycles. The number of rotatable bonds is 11. The van der Waals surface area contributed by atoms with Crippen LogP contribution in [0.25, 0.3) is 0 Å². The Morgan fingerprint density at radius 3 is 1.94 bits per heavy atom. The van der Waals surface area contributed by atoms with Gasteiger partial charge in [-0.2, -0.15) is 0 Å². The minimum Gasteiger partial charge on any atom is -0.103 e. The third-order valence-electron chi connectivity index (χ3n) is 3.65. The van der Waals surface area contributed by atoms with E-state index in [0.717, 1.165) is 5.54 Å². The molecule has 96 valence electrons. The molecule has 0 aromatic heterocycles. The van der Waals surface area contributed by atoms with Gasteiger partial charge in [0.25, 0.3) is 0 Å². The van der Waals surface area contributed by atoms with E-state index >= 15 is 0 Å². The lowest BCUT2D eigenvalue weighted by Crippen LogP contribution is -2.20. The van der Waals surface area contributed by atoms with E-state index in [2.05, 4.69) is 33.4 Å². The van der Waals surface area contributed by atoms with Crippen molar-refractivity contribution >= 4 is 8.80 Å². The van der Waals surface area contributed by atoms with E-state index in [9.17, 15) is 0 Å². The van der Waals surface area contributed by atoms with Gasteiger partial charge in [0, 0.05) is 8.80 Å². The van der Waals surface area contributed by atoms with E-state index in [1.54, 1.807) is 12.1 Å². The zero-order chi connectivity index (χ0) is 12.2. The summed E-state index contributed by atoms with van der Waals surface area (Å²) in [5, 5.41) is 0. The Kier molecular flexibility index (Phi) is 11.4. The second kappa shape index (κ2) is 11.4. The van der Waals surface area contributed by atoms with E-state index in [1.807, 2.05) is 0 Å². The molecule has 0 aliphatic rings. The van der Waals surface area contributed by atoms with Gasteiger partial charge < -0.3 is 0 Å². The maximum Gasteiger partial charge on any atom is 0.0402 e. The number of hydrogen-bond acceptors (Lipinski definition) is 0. The van der Waals surface area contributed by atoms with E-state index < -0.39 is 8.80 Å². The molecular formula is C15H32Si. The molecule has 0 radical (unpaired) electrons. The highest BCUT2D eigenvalue weighted by Crippen LogP contribution is 2.29. The Hall–Kier alpha value is -0.0431. The zero-order valence-corrected chi connectivity index (χ0v) is 13.0. The van der Waals surface area contributed by atoms with Crippen molar-refractivity contribution in [1.29, 1.82) is 0 Å². The van der Waals surface area contributed by atoms with Crippen molar-refractivity contribution in [3.63, 3.8) is 0 Å². The summed E-state index contributed by atoms with van der Waals surface area (Å²) in [6, 6.07) is 3.16. The molecule has 0 N–H and O–H groups in total. The fourth-order valence-electron chi connectivity index (χ4n) is 2.68. The first-order chi connectivity index (χ1) is 7.79. The minimum atomic E-state index is -0.491. The van der Waals surface area contributed by atoms with Gasteiger partial charge in [0.05, 0.1) is 0 Å². The van der Waals surface area contributed by atoms with Crippen LogP contribution in [0.4, 0.5) is 0 Å². The quantitative estimate of drug-likeness (QED) is 0.327. The maximum atomic E-state index is 3.95. The number of unbranched alkanes of at least 4 members (excludes halogenated alkanes) is 2. The molecular weight excluding hydrogens is 208 g/mol. The predicted octanol–water partition coefficient (Wildman–Crippen LogP) is 5.56. The summed E-state index contributed by atoms with van der Waals surface area (Å²) in [5.41, 5.74) is 1.04. The molecule has 0 saturated carbocycles. The van der Waals surface area contributed by atoms with E-state index in [0.29, 0.717) is 0 Å². The van der Waals surface area contributed by atoms with Gasteiger partial charge in [-0.05, 0) is 12.0 Å². The average Bonchev–Trinajstić information content (AvgIpc) is 2.29. The van der Waals surface area contributed by atoms with E-state index in [4.69, 9.17) is 0 Å². The van der Waals surface area contributed by atoms with Crippen LogP contribution in [-0.2, 0) is 0 Å². The number of allylic oxidation sites excluding steroid dienone is 1. The van der Waals surface area contributed by atoms with Gasteiger partial charge >= 0.3 is 0 Å². The van der Waals surface area contributed by atoms with Crippen LogP contribution in [-0.4, -0.2) is 8.80 Å². The molecule has 0 bridgehead atoms. The monoisotopic (exact) mass is 240 g/mol. The lowest BCUT2D eigenvalue weighted by Gasteiger charge is -2.24. The van der Waals surface area contributed by atoms with Gasteiger partial charge in [0.15, 0.2) is 0 Å². The summed E-state index contributed by atoms with van der Waals surface area (Å²) in [4.78, 5) is 0. The van der Waals surface area contributed by atoms with Crippen molar-refractivity contribution in [2.75, 3.05) is 0 Å². The van der Waals surface area contributed by atoms with Crippen molar-refractivity contribution in [3.05, 3.63) is 12.7 Å². The second-order valence-corrected chi connectivity index (χ2v) is 8.74. The third-order valence-corrected chi connectivity index (χ3v) is 7.89. The molecule has 0 aromatic rings. The minimum absolute atomic E-state index is 0.491. The molecule has 1 heteroatoms. The molecule has 1 atom stereocenters. The van der Waals surface area contributed by atoms with Crippen molar-refractivity contribution < 1.29 is 0 Å². The molecule has 0 spiro atoms. The topological polar surface area (TPSA) is 0 Å². The summed E-state index contributed by atoms with van der Waals surface area (Å²) >= 11 is 0. The van der Waals surface area contributed by atoms with Crippen molar-refractivity contribution in [2.45, 2.75) is 83.3 Å². The summed E-state index contributed by atoms with van der Waals surface area (Å²) < 4.78 is 0. The van der Waals surface area contributed by atoms with Crippen molar-refractivity contribution in [3.8, 4) is 0 Å². The largest absolute Gasteiger partial charge is 0.103 e. The highest BCUT2D eigenvalue weighted by atomic mass is 28.3. The standard InChI is InChI=1S/C15H32Si/c1-5-9-13-16(14-10-6-2)15(11-7-3)12-8-4/h7,15-16H,3,5-6,8-14H2,1-2,4H3. The van der Waals surface area contributed by atoms with Crippen LogP contribution in [0, 0.1) is 0 Å². The van der Waals surface area contributed by atoms with Crippen LogP contribution in [0.1, 0.15) is 65.7 Å². The highest BCUT2D eigenvalue weighted by molar-refractivity contribution is 6.60. The highest BCUT2D eigenvalue weighted by Gasteiger charge is 2.20. The molecule has 0 fully saturated rings. The Bertz CT molecular complexity index is 146. The maximum absolute atomic E-state index is 3.95. The fraction of sp³-hybridized carbons (Fsp3) is 0.867. The average molecular weight is 241 g/mol. The smallest absolute Gasteiger partial charge is 0.0402 e. The first kappa shape index (κ1) is 16.0. The lowest BCUT2D eigenvalue weighted by atomic mass is 10.2. The molecule has 0 heterocycles. The predicted molar refractivity (Wildman–Crippen MR) is 80.1 cm³/mol. The van der Waals surface area contributed by atoms with Crippen molar-refractivity contribution in [2.24, 2.45) is 0 Å². The molecule has 0 amide bonds. The third kappa shape index (κ3) is 7.27. The second-order valence-electron chi connectivity index (χ2n) is 5.12. The molecule has 0 saturated heterocycles. The SMILES string of the molecule is C=CCC(CCC)[SiH](CCCC)CCCC. The van der Waals surface area contributed by atoms with Crippen LogP contribution in [0.5, 0.6) is 0 Å². The Balaban J connectivity index is 4.20. The van der Waals surface area contributed by atoms with Gasteiger partial charge in [-0.15, -0.1) is 6.58 Å². The number of hydrogen-bond donors (Lipinski definition) is 0. The molecule has 0 rings (SSSR count). The Morgan fingerprint density at radius 1 is 1.00 bits per heavy atom. The van der Waals surface area contributed by atoms with Gasteiger partial charge in [-0.1, -0.05) is 77.5 Å². The molecule has 1 unspecified atom stereocenters. The molecule has 0 aliphatic heterocycles. The lowest BCUT2D eigenvalue weighted by molar-refractivity contribution is 0.692. The Morgan fingerprint density at radius 2 is 1.56 bits per heavy atom. The first-order valence-corrected chi connectivity index (χ1v) is 9.70. The molecule has 0 nitrogen and oxygen atoms in total. The van der Waals surface area contributed by atoms with Gasteiger partial charge in [0.2, 0.25) is 0 Å². The zero-order valence-electron chi connectivity index (χ0n) is 11.8. The van der Waals surface area contributed by atoms with Crippen LogP contribution in [0.15, 0.2) is 12.7 Å². The molecule has 16 heavy (non-hydrogen) atoms. The summed E-state index contributed by atoms with van der Waals surface area (Å²) in [6.45, 7) is 10.9. The first-order valence-electron chi connectivity index (χ1n) is 7.40. The van der Waals surface area contributed by atoms with Crippen LogP contribution in [0.2, 0.25) is 17.6 Å². The molecule has 0 aliphatic carbocycles. The normalized spacial score (nSPS) is 13.0. The van der Waals surface area contributed by atoms with Gasteiger partial charge in [-0.25, -0.2) is 0 Å². The van der Waals surface area contributed by atoms with E-state index in [-0.39, 0.29) is 0 Å². The Labute approximate surface area is 105 Å². The van der Waals surface area contributed by atoms with Crippen LogP contribution < -0.4 is 0 Å². The summed E-state index contributed by atoms with van der Waals surface area (Å²) in [5.74, 6) is 0. The van der Waals surface area contributed by atoms with Crippen molar-refractivity contribution in [1.82, 2.24) is 0 Å². The van der Waals surface area contributed by atoms with Gasteiger partial charge in [-0.3, -0.25) is 0 Å². The fourth-order valence-corrected chi connectivity index (χ4v) is 7.16.